The first kappa shape index (κ1) is 12.5. The van der Waals surface area contributed by atoms with Crippen molar-refractivity contribution < 1.29 is 19.4 Å². The molecule has 1 aromatic rings. The quantitative estimate of drug-likeness (QED) is 0.823. The summed E-state index contributed by atoms with van der Waals surface area (Å²) in [5, 5.41) is 9.33. The second-order valence-corrected chi connectivity index (χ2v) is 4.31. The van der Waals surface area contributed by atoms with Crippen LogP contribution in [-0.4, -0.2) is 29.9 Å². The van der Waals surface area contributed by atoms with Crippen LogP contribution < -0.4 is 4.74 Å². The Kier molecular flexibility index (Phi) is 3.30. The van der Waals surface area contributed by atoms with E-state index in [4.69, 9.17) is 4.74 Å². The summed E-state index contributed by atoms with van der Waals surface area (Å²) in [6.07, 6.45) is 1.18. The van der Waals surface area contributed by atoms with Gasteiger partial charge in [-0.1, -0.05) is 12.1 Å². The lowest BCUT2D eigenvalue weighted by molar-refractivity contribution is -0.112. The summed E-state index contributed by atoms with van der Waals surface area (Å²) >= 11 is 0. The largest absolute Gasteiger partial charge is 0.496 e. The molecule has 0 saturated carbocycles. The third-order valence-corrected chi connectivity index (χ3v) is 2.85. The number of aliphatic hydroxyl groups excluding tert-OH is 1. The zero-order valence-corrected chi connectivity index (χ0v) is 10.3. The predicted octanol–water partition coefficient (Wildman–Crippen LogP) is 1.61. The number of carbonyl (C=O) groups is 2. The van der Waals surface area contributed by atoms with Crippen molar-refractivity contribution >= 4 is 17.6 Å². The number of hydrogen-bond acceptors (Lipinski definition) is 4. The first-order valence-electron chi connectivity index (χ1n) is 5.69. The van der Waals surface area contributed by atoms with Crippen LogP contribution in [0.15, 0.2) is 23.8 Å². The molecule has 1 aromatic carbocycles. The van der Waals surface area contributed by atoms with Gasteiger partial charge in [0.25, 0.3) is 0 Å². The first-order valence-corrected chi connectivity index (χ1v) is 5.69. The normalized spacial score (nSPS) is 16.1. The maximum atomic E-state index is 12.0. The van der Waals surface area contributed by atoms with Crippen molar-refractivity contribution in [3.8, 4) is 5.75 Å². The fourth-order valence-corrected chi connectivity index (χ4v) is 2.06. The van der Waals surface area contributed by atoms with E-state index in [0.717, 1.165) is 0 Å². The van der Waals surface area contributed by atoms with E-state index in [2.05, 4.69) is 0 Å². The van der Waals surface area contributed by atoms with Crippen molar-refractivity contribution in [1.29, 1.82) is 0 Å². The smallest absolute Gasteiger partial charge is 0.237 e. The van der Waals surface area contributed by atoms with Gasteiger partial charge in [0.2, 0.25) is 11.6 Å². The van der Waals surface area contributed by atoms with Gasteiger partial charge >= 0.3 is 0 Å². The maximum absolute atomic E-state index is 12.0. The molecular weight excluding hydrogens is 232 g/mol. The number of hydrogen-bond donors (Lipinski definition) is 1. The summed E-state index contributed by atoms with van der Waals surface area (Å²) < 4.78 is 5.10. The van der Waals surface area contributed by atoms with Crippen LogP contribution in [0.1, 0.15) is 29.3 Å². The lowest BCUT2D eigenvalue weighted by Crippen LogP contribution is -2.24. The Bertz CT molecular complexity index is 541. The van der Waals surface area contributed by atoms with Gasteiger partial charge in [-0.3, -0.25) is 9.59 Å². The minimum Gasteiger partial charge on any atom is -0.496 e. The Balaban J connectivity index is 2.54. The molecule has 4 nitrogen and oxygen atoms in total. The van der Waals surface area contributed by atoms with Crippen molar-refractivity contribution in [3.05, 3.63) is 34.9 Å². The Morgan fingerprint density at radius 1 is 1.28 bits per heavy atom. The molecule has 0 radical (unpaired) electrons. The van der Waals surface area contributed by atoms with Gasteiger partial charge in [0, 0.05) is 12.0 Å². The zero-order chi connectivity index (χ0) is 13.3. The molecule has 0 bridgehead atoms. The summed E-state index contributed by atoms with van der Waals surface area (Å²) in [5.74, 6) is -0.730. The minimum absolute atomic E-state index is 0.182. The highest BCUT2D eigenvalue weighted by molar-refractivity contribution is 6.52. The molecule has 94 valence electrons. The number of ketones is 2. The topological polar surface area (TPSA) is 63.6 Å². The molecule has 1 aliphatic rings. The minimum atomic E-state index is -0.653. The number of benzene rings is 1. The van der Waals surface area contributed by atoms with Crippen LogP contribution in [0.2, 0.25) is 0 Å². The molecular formula is C14H14O4. The van der Waals surface area contributed by atoms with Gasteiger partial charge in [0.1, 0.15) is 5.75 Å². The van der Waals surface area contributed by atoms with Crippen molar-refractivity contribution in [2.24, 2.45) is 0 Å². The number of methoxy groups -OCH3 is 1. The van der Waals surface area contributed by atoms with Crippen LogP contribution in [-0.2, 0) is 4.79 Å². The Morgan fingerprint density at radius 3 is 2.61 bits per heavy atom. The highest BCUT2D eigenvalue weighted by Gasteiger charge is 2.30. The SMILES string of the molecule is COc1cccc2c1C(=O)C(=O)C(CC(C)O)=C2. The molecule has 0 aliphatic heterocycles. The molecule has 1 N–H and O–H groups in total. The molecule has 1 atom stereocenters. The van der Waals surface area contributed by atoms with Gasteiger partial charge in [-0.2, -0.15) is 0 Å². The lowest BCUT2D eigenvalue weighted by Gasteiger charge is -2.17. The third kappa shape index (κ3) is 2.07. The monoisotopic (exact) mass is 246 g/mol. The standard InChI is InChI=1S/C14H14O4/c1-8(15)6-10-7-9-4-3-5-11(18-2)12(9)14(17)13(10)16/h3-5,7-8,15H,6H2,1-2H3. The van der Waals surface area contributed by atoms with E-state index >= 15 is 0 Å². The Morgan fingerprint density at radius 2 is 2.00 bits per heavy atom. The van der Waals surface area contributed by atoms with Crippen LogP contribution >= 0.6 is 0 Å². The van der Waals surface area contributed by atoms with E-state index in [-0.39, 0.29) is 6.42 Å². The third-order valence-electron chi connectivity index (χ3n) is 2.85. The summed E-state index contributed by atoms with van der Waals surface area (Å²) in [6, 6.07) is 5.17. The fourth-order valence-electron chi connectivity index (χ4n) is 2.06. The average molecular weight is 246 g/mol. The first-order chi connectivity index (χ1) is 8.54. The van der Waals surface area contributed by atoms with Gasteiger partial charge < -0.3 is 9.84 Å². The van der Waals surface area contributed by atoms with Crippen LogP contribution in [0.25, 0.3) is 6.08 Å². The van der Waals surface area contributed by atoms with Gasteiger partial charge in [0.05, 0.1) is 18.8 Å². The molecule has 2 rings (SSSR count). The lowest BCUT2D eigenvalue weighted by atomic mass is 9.87. The number of Topliss-reactive ketones (excluding diaryl/α,β-unsaturated/α-hetero) is 2. The second kappa shape index (κ2) is 4.74. The average Bonchev–Trinajstić information content (AvgIpc) is 2.34. The Hall–Kier alpha value is -1.94. The molecule has 0 amide bonds. The number of carbonyl (C=O) groups excluding carboxylic acids is 2. The van der Waals surface area contributed by atoms with Gasteiger partial charge in [-0.25, -0.2) is 0 Å². The highest BCUT2D eigenvalue weighted by Crippen LogP contribution is 2.30. The van der Waals surface area contributed by atoms with Gasteiger partial charge in [-0.05, 0) is 24.6 Å². The molecule has 4 heteroatoms. The maximum Gasteiger partial charge on any atom is 0.237 e. The van der Waals surface area contributed by atoms with E-state index in [1.807, 2.05) is 0 Å². The number of fused-ring (bicyclic) bond motifs is 1. The van der Waals surface area contributed by atoms with Crippen molar-refractivity contribution in [3.63, 3.8) is 0 Å². The molecule has 1 unspecified atom stereocenters. The fraction of sp³-hybridized carbons (Fsp3) is 0.286. The van der Waals surface area contributed by atoms with Crippen LogP contribution in [0.3, 0.4) is 0 Å². The predicted molar refractivity (Wildman–Crippen MR) is 66.6 cm³/mol. The summed E-state index contributed by atoms with van der Waals surface area (Å²) in [6.45, 7) is 1.58. The van der Waals surface area contributed by atoms with E-state index in [1.54, 1.807) is 31.2 Å². The molecule has 1 aliphatic carbocycles. The van der Waals surface area contributed by atoms with Crippen molar-refractivity contribution in [1.82, 2.24) is 0 Å². The van der Waals surface area contributed by atoms with E-state index < -0.39 is 17.7 Å². The number of rotatable bonds is 3. The van der Waals surface area contributed by atoms with E-state index in [0.29, 0.717) is 22.4 Å². The van der Waals surface area contributed by atoms with Crippen molar-refractivity contribution in [2.75, 3.05) is 7.11 Å². The van der Waals surface area contributed by atoms with Gasteiger partial charge in [-0.15, -0.1) is 0 Å². The number of ether oxygens (including phenoxy) is 1. The number of aliphatic hydroxyl groups is 1. The summed E-state index contributed by atoms with van der Waals surface area (Å²) in [7, 11) is 1.46. The van der Waals surface area contributed by atoms with E-state index in [1.165, 1.54) is 7.11 Å². The molecule has 0 saturated heterocycles. The second-order valence-electron chi connectivity index (χ2n) is 4.31. The molecule has 0 heterocycles. The van der Waals surface area contributed by atoms with Gasteiger partial charge in [0.15, 0.2) is 0 Å². The molecule has 0 spiro atoms. The molecule has 0 aromatic heterocycles. The van der Waals surface area contributed by atoms with Crippen LogP contribution in [0.4, 0.5) is 0 Å². The Labute approximate surface area is 105 Å². The highest BCUT2D eigenvalue weighted by atomic mass is 16.5. The van der Waals surface area contributed by atoms with Crippen LogP contribution in [0, 0.1) is 0 Å². The van der Waals surface area contributed by atoms with E-state index in [9.17, 15) is 14.7 Å². The zero-order valence-electron chi connectivity index (χ0n) is 10.3. The van der Waals surface area contributed by atoms with Crippen LogP contribution in [0.5, 0.6) is 5.75 Å². The molecule has 0 fully saturated rings. The summed E-state index contributed by atoms with van der Waals surface area (Å²) in [4.78, 5) is 23.9. The van der Waals surface area contributed by atoms with Crippen molar-refractivity contribution in [2.45, 2.75) is 19.4 Å². The molecule has 18 heavy (non-hydrogen) atoms. The summed E-state index contributed by atoms with van der Waals surface area (Å²) in [5.41, 5.74) is 1.31.